The fourth-order valence-corrected chi connectivity index (χ4v) is 5.59. The maximum atomic E-state index is 12.7. The number of unbranched alkanes of at least 4 members (excludes halogenated alkanes) is 3. The molecule has 0 aliphatic rings. The van der Waals surface area contributed by atoms with Crippen molar-refractivity contribution in [1.82, 2.24) is 9.88 Å². The number of nitrogens with zero attached hydrogens (tertiary/aromatic N) is 2. The van der Waals surface area contributed by atoms with Crippen LogP contribution in [0.15, 0.2) is 40.9 Å². The van der Waals surface area contributed by atoms with Crippen molar-refractivity contribution in [3.8, 4) is 0 Å². The van der Waals surface area contributed by atoms with Gasteiger partial charge in [-0.15, -0.1) is 23.1 Å². The second kappa shape index (κ2) is 12.6. The molecular weight excluding hydrogens is 392 g/mol. The van der Waals surface area contributed by atoms with E-state index in [4.69, 9.17) is 0 Å². The molecule has 0 amide bonds. The Morgan fingerprint density at radius 3 is 2.74 bits per heavy atom. The Kier molecular flexibility index (Phi) is 10.5. The van der Waals surface area contributed by atoms with E-state index < -0.39 is 0 Å². The Morgan fingerprint density at radius 2 is 2.00 bits per heavy atom. The quantitative estimate of drug-likeness (QED) is 0.235. The zero-order valence-corrected chi connectivity index (χ0v) is 19.0. The van der Waals surface area contributed by atoms with Crippen molar-refractivity contribution in [3.05, 3.63) is 46.3 Å². The Labute approximate surface area is 176 Å². The van der Waals surface area contributed by atoms with E-state index in [0.717, 1.165) is 21.2 Å². The molecular formula is C21H30N2OS3. The van der Waals surface area contributed by atoms with Gasteiger partial charge in [-0.25, -0.2) is 4.98 Å². The Bertz CT molecular complexity index is 674. The summed E-state index contributed by atoms with van der Waals surface area (Å²) in [4.78, 5) is 20.2. The van der Waals surface area contributed by atoms with E-state index in [1.807, 2.05) is 41.4 Å². The van der Waals surface area contributed by atoms with Crippen LogP contribution in [0.1, 0.15) is 47.8 Å². The third kappa shape index (κ3) is 8.38. The molecule has 0 saturated carbocycles. The first-order chi connectivity index (χ1) is 13.1. The van der Waals surface area contributed by atoms with Gasteiger partial charge in [-0.05, 0) is 62.8 Å². The molecule has 0 spiro atoms. The van der Waals surface area contributed by atoms with Crippen molar-refractivity contribution < 1.29 is 4.79 Å². The van der Waals surface area contributed by atoms with Crippen molar-refractivity contribution in [1.29, 1.82) is 0 Å². The van der Waals surface area contributed by atoms with Crippen LogP contribution in [0.2, 0.25) is 0 Å². The molecule has 0 N–H and O–H groups in total. The number of thioether (sulfide) groups is 2. The summed E-state index contributed by atoms with van der Waals surface area (Å²) in [5.74, 6) is 2.39. The Morgan fingerprint density at radius 1 is 1.19 bits per heavy atom. The average molecular weight is 423 g/mol. The number of hydrogen-bond donors (Lipinski definition) is 0. The maximum Gasteiger partial charge on any atom is 0.205 e. The number of thiophene rings is 1. The highest BCUT2D eigenvalue weighted by atomic mass is 32.2. The molecule has 0 radical (unpaired) electrons. The van der Waals surface area contributed by atoms with Crippen molar-refractivity contribution in [2.24, 2.45) is 0 Å². The van der Waals surface area contributed by atoms with Gasteiger partial charge >= 0.3 is 0 Å². The van der Waals surface area contributed by atoms with E-state index in [1.54, 1.807) is 18.0 Å². The minimum Gasteiger partial charge on any atom is -0.309 e. The molecule has 2 aromatic heterocycles. The van der Waals surface area contributed by atoms with E-state index in [0.29, 0.717) is 5.25 Å². The zero-order chi connectivity index (χ0) is 19.5. The maximum absolute atomic E-state index is 12.7. The van der Waals surface area contributed by atoms with Gasteiger partial charge in [0, 0.05) is 17.2 Å². The molecule has 3 nitrogen and oxygen atoms in total. The summed E-state index contributed by atoms with van der Waals surface area (Å²) in [6.45, 7) is 3.42. The number of hydrogen-bond acceptors (Lipinski definition) is 6. The van der Waals surface area contributed by atoms with Gasteiger partial charge in [-0.1, -0.05) is 25.8 Å². The second-order valence-corrected chi connectivity index (χ2v) is 10.4. The highest BCUT2D eigenvalue weighted by molar-refractivity contribution is 8.03. The molecule has 0 aliphatic heterocycles. The lowest BCUT2D eigenvalue weighted by Gasteiger charge is -2.13. The average Bonchev–Trinajstić information content (AvgIpc) is 3.18. The second-order valence-electron chi connectivity index (χ2n) is 6.88. The molecule has 27 heavy (non-hydrogen) atoms. The van der Waals surface area contributed by atoms with Crippen molar-refractivity contribution in [2.45, 2.75) is 42.9 Å². The molecule has 2 rings (SSSR count). The molecule has 2 aromatic rings. The van der Waals surface area contributed by atoms with Crippen LogP contribution in [0.3, 0.4) is 0 Å². The predicted octanol–water partition coefficient (Wildman–Crippen LogP) is 5.71. The van der Waals surface area contributed by atoms with E-state index in [9.17, 15) is 4.79 Å². The van der Waals surface area contributed by atoms with E-state index >= 15 is 0 Å². The first-order valence-corrected chi connectivity index (χ1v) is 12.4. The highest BCUT2D eigenvalue weighted by Gasteiger charge is 2.17. The van der Waals surface area contributed by atoms with Gasteiger partial charge in [0.15, 0.2) is 0 Å². The van der Waals surface area contributed by atoms with Crippen LogP contribution in [-0.4, -0.2) is 53.1 Å². The number of carbonyl (C=O) groups excluding carboxylic acids is 1. The van der Waals surface area contributed by atoms with Crippen molar-refractivity contribution in [3.63, 3.8) is 0 Å². The Balaban J connectivity index is 1.72. The smallest absolute Gasteiger partial charge is 0.205 e. The molecule has 0 aromatic carbocycles. The lowest BCUT2D eigenvalue weighted by molar-refractivity contribution is 0.103. The fourth-order valence-electron chi connectivity index (χ4n) is 2.66. The van der Waals surface area contributed by atoms with Gasteiger partial charge in [-0.3, -0.25) is 4.79 Å². The molecule has 1 atom stereocenters. The minimum absolute atomic E-state index is 0.0816. The molecule has 6 heteroatoms. The third-order valence-electron chi connectivity index (χ3n) is 4.07. The lowest BCUT2D eigenvalue weighted by atomic mass is 10.1. The van der Waals surface area contributed by atoms with E-state index in [1.165, 1.54) is 49.3 Å². The van der Waals surface area contributed by atoms with Gasteiger partial charge in [0.05, 0.1) is 10.4 Å². The number of ketones is 1. The standard InChI is InChI=1S/C21H30N2OS3/c1-17(16-25-14-7-5-4-6-13-23(2)3)27-21-18(10-8-12-22-21)20(24)19-11-9-15-26-19/h8-12,15,17H,4-7,13-14,16H2,1-3H3. The summed E-state index contributed by atoms with van der Waals surface area (Å²) in [6, 6.07) is 7.54. The molecule has 0 bridgehead atoms. The normalized spacial score (nSPS) is 12.4. The molecule has 0 aliphatic carbocycles. The number of aromatic nitrogens is 1. The third-order valence-corrected chi connectivity index (χ3v) is 7.58. The van der Waals surface area contributed by atoms with E-state index in [-0.39, 0.29) is 5.78 Å². The molecule has 148 valence electrons. The van der Waals surface area contributed by atoms with Gasteiger partial charge < -0.3 is 4.90 Å². The topological polar surface area (TPSA) is 33.2 Å². The number of pyridine rings is 1. The molecule has 2 heterocycles. The summed E-state index contributed by atoms with van der Waals surface area (Å²) in [5.41, 5.74) is 0.725. The summed E-state index contributed by atoms with van der Waals surface area (Å²) in [6.07, 6.45) is 7.01. The lowest BCUT2D eigenvalue weighted by Crippen LogP contribution is -2.12. The number of carbonyl (C=O) groups is 1. The van der Waals surface area contributed by atoms with Crippen LogP contribution in [0.4, 0.5) is 0 Å². The first kappa shape index (κ1) is 22.5. The van der Waals surface area contributed by atoms with Crippen LogP contribution >= 0.6 is 34.9 Å². The monoisotopic (exact) mass is 422 g/mol. The largest absolute Gasteiger partial charge is 0.309 e. The van der Waals surface area contributed by atoms with E-state index in [2.05, 4.69) is 30.9 Å². The van der Waals surface area contributed by atoms with Crippen LogP contribution in [0, 0.1) is 0 Å². The van der Waals surface area contributed by atoms with Crippen molar-refractivity contribution in [2.75, 3.05) is 32.1 Å². The first-order valence-electron chi connectivity index (χ1n) is 9.50. The predicted molar refractivity (Wildman–Crippen MR) is 122 cm³/mol. The zero-order valence-electron chi connectivity index (χ0n) is 16.5. The highest BCUT2D eigenvalue weighted by Crippen LogP contribution is 2.29. The van der Waals surface area contributed by atoms with Gasteiger partial charge in [0.1, 0.15) is 5.03 Å². The molecule has 0 saturated heterocycles. The molecule has 0 fully saturated rings. The van der Waals surface area contributed by atoms with Gasteiger partial charge in [-0.2, -0.15) is 11.8 Å². The van der Waals surface area contributed by atoms with Gasteiger partial charge in [0.25, 0.3) is 0 Å². The summed E-state index contributed by atoms with van der Waals surface area (Å²) in [7, 11) is 4.27. The van der Waals surface area contributed by atoms with Gasteiger partial charge in [0.2, 0.25) is 5.78 Å². The van der Waals surface area contributed by atoms with Crippen LogP contribution in [-0.2, 0) is 0 Å². The summed E-state index contributed by atoms with van der Waals surface area (Å²) in [5, 5.41) is 3.23. The SMILES string of the molecule is CC(CSCCCCCCN(C)C)Sc1ncccc1C(=O)c1cccs1. The molecule has 1 unspecified atom stereocenters. The minimum atomic E-state index is 0.0816. The van der Waals surface area contributed by atoms with Crippen LogP contribution in [0.5, 0.6) is 0 Å². The van der Waals surface area contributed by atoms with Crippen molar-refractivity contribution >= 4 is 40.6 Å². The summed E-state index contributed by atoms with van der Waals surface area (Å²) >= 11 is 5.22. The van der Waals surface area contributed by atoms with Crippen LogP contribution in [0.25, 0.3) is 0 Å². The number of rotatable bonds is 13. The Hall–Kier alpha value is -0.820. The fraction of sp³-hybridized carbons (Fsp3) is 0.524. The summed E-state index contributed by atoms with van der Waals surface area (Å²) < 4.78 is 0. The van der Waals surface area contributed by atoms with Crippen LogP contribution < -0.4 is 0 Å².